The Bertz CT molecular complexity index is 1160. The molecular weight excluding hydrogens is 442 g/mol. The minimum absolute atomic E-state index is 0.492. The van der Waals surface area contributed by atoms with Crippen LogP contribution in [0.2, 0.25) is 0 Å². The number of fused-ring (bicyclic) bond motifs is 3. The summed E-state index contributed by atoms with van der Waals surface area (Å²) in [4.78, 5) is 19.1. The van der Waals surface area contributed by atoms with Crippen LogP contribution in [0.3, 0.4) is 0 Å². The second kappa shape index (κ2) is 11.5. The molecule has 1 aliphatic carbocycles. The minimum atomic E-state index is -1.26. The van der Waals surface area contributed by atoms with Crippen molar-refractivity contribution in [3.8, 4) is 11.5 Å². The first kappa shape index (κ1) is 24.2. The number of ether oxygens (including phenoxy) is 1. The fraction of sp³-hybridized carbons (Fsp3) is 0.241. The number of hydrogen-bond acceptors (Lipinski definition) is 4. The van der Waals surface area contributed by atoms with Crippen molar-refractivity contribution in [2.24, 2.45) is 5.92 Å². The molecule has 6 nitrogen and oxygen atoms in total. The summed E-state index contributed by atoms with van der Waals surface area (Å²) in [6.07, 6.45) is 3.65. The number of nitrogens with one attached hydrogen (secondary N) is 1. The molecule has 1 fully saturated rings. The summed E-state index contributed by atoms with van der Waals surface area (Å²) in [6, 6.07) is 27.8. The van der Waals surface area contributed by atoms with E-state index in [1.807, 2.05) is 30.3 Å². The molecule has 3 atom stereocenters. The van der Waals surface area contributed by atoms with E-state index in [-0.39, 0.29) is 0 Å². The highest BCUT2D eigenvalue weighted by atomic mass is 16.5. The molecule has 3 N–H and O–H groups in total. The molecule has 1 saturated heterocycles. The number of carboxylic acid groups (broad SMARTS) is 2. The largest absolute Gasteiger partial charge is 0.478 e. The Labute approximate surface area is 204 Å². The van der Waals surface area contributed by atoms with Gasteiger partial charge in [0.15, 0.2) is 0 Å². The zero-order chi connectivity index (χ0) is 24.6. The number of carbonyl (C=O) groups is 2. The van der Waals surface area contributed by atoms with Gasteiger partial charge >= 0.3 is 11.9 Å². The molecule has 180 valence electrons. The van der Waals surface area contributed by atoms with E-state index in [2.05, 4.69) is 53.8 Å². The Hall–Kier alpha value is -3.90. The summed E-state index contributed by atoms with van der Waals surface area (Å²) < 4.78 is 5.97. The molecule has 0 saturated carbocycles. The fourth-order valence-electron chi connectivity index (χ4n) is 5.01. The van der Waals surface area contributed by atoms with Gasteiger partial charge in [0.05, 0.1) is 0 Å². The van der Waals surface area contributed by atoms with Gasteiger partial charge in [-0.1, -0.05) is 54.6 Å². The van der Waals surface area contributed by atoms with E-state index in [0.717, 1.165) is 30.5 Å². The zero-order valence-electron chi connectivity index (χ0n) is 19.3. The quantitative estimate of drug-likeness (QED) is 0.430. The third-order valence-electron chi connectivity index (χ3n) is 6.56. The highest BCUT2D eigenvalue weighted by Gasteiger charge is 2.36. The van der Waals surface area contributed by atoms with Gasteiger partial charge in [-0.15, -0.1) is 0 Å². The van der Waals surface area contributed by atoms with Gasteiger partial charge in [-0.2, -0.15) is 0 Å². The first-order valence-corrected chi connectivity index (χ1v) is 11.8. The van der Waals surface area contributed by atoms with Gasteiger partial charge in [0.25, 0.3) is 0 Å². The van der Waals surface area contributed by atoms with Crippen molar-refractivity contribution in [1.82, 2.24) is 5.32 Å². The van der Waals surface area contributed by atoms with Gasteiger partial charge in [0, 0.05) is 24.6 Å². The lowest BCUT2D eigenvalue weighted by atomic mass is 9.66. The molecule has 3 aromatic rings. The number of para-hydroxylation sites is 1. The summed E-state index contributed by atoms with van der Waals surface area (Å²) in [5, 5.41) is 19.2. The highest BCUT2D eigenvalue weighted by Crippen LogP contribution is 2.47. The van der Waals surface area contributed by atoms with Crippen molar-refractivity contribution >= 4 is 11.9 Å². The molecule has 3 aromatic carbocycles. The highest BCUT2D eigenvalue weighted by molar-refractivity contribution is 5.89. The Morgan fingerprint density at radius 1 is 0.800 bits per heavy atom. The molecule has 1 aliphatic heterocycles. The van der Waals surface area contributed by atoms with Crippen molar-refractivity contribution in [2.45, 2.75) is 24.7 Å². The monoisotopic (exact) mass is 471 g/mol. The third kappa shape index (κ3) is 6.37. The number of benzene rings is 3. The predicted molar refractivity (Wildman–Crippen MR) is 134 cm³/mol. The van der Waals surface area contributed by atoms with Crippen molar-refractivity contribution in [3.63, 3.8) is 0 Å². The zero-order valence-corrected chi connectivity index (χ0v) is 19.3. The van der Waals surface area contributed by atoms with Crippen molar-refractivity contribution in [2.75, 3.05) is 13.1 Å². The Balaban J connectivity index is 0.000000314. The summed E-state index contributed by atoms with van der Waals surface area (Å²) >= 11 is 0. The maximum atomic E-state index is 9.55. The molecular formula is C29H29NO5. The normalized spacial score (nSPS) is 20.6. The van der Waals surface area contributed by atoms with Crippen LogP contribution in [0.1, 0.15) is 41.4 Å². The van der Waals surface area contributed by atoms with Crippen LogP contribution >= 0.6 is 0 Å². The maximum Gasteiger partial charge on any atom is 0.328 e. The standard InChI is InChI=1S/C25H25NO.C4H4O4/c1-2-6-20(7-3-1)27-21-12-10-18(11-13-21)24-16-19-14-15-26-17-25(19)23-9-5-4-8-22(23)24;5-3(6)1-2-4(7)8/h1-13,19,24-26H,14-17H2;1-2H,(H,5,6)(H,7,8)/b;2-1-. The predicted octanol–water partition coefficient (Wildman–Crippen LogP) is 5.42. The van der Waals surface area contributed by atoms with Crippen molar-refractivity contribution in [1.29, 1.82) is 0 Å². The lowest BCUT2D eigenvalue weighted by molar-refractivity contribution is -0.134. The second-order valence-electron chi connectivity index (χ2n) is 8.77. The number of carboxylic acids is 2. The molecule has 0 radical (unpaired) electrons. The molecule has 0 bridgehead atoms. The molecule has 1 heterocycles. The molecule has 2 aliphatic rings. The summed E-state index contributed by atoms with van der Waals surface area (Å²) in [7, 11) is 0. The molecule has 0 amide bonds. The Kier molecular flexibility index (Phi) is 7.95. The number of rotatable bonds is 5. The first-order chi connectivity index (χ1) is 17.0. The van der Waals surface area contributed by atoms with E-state index in [1.165, 1.54) is 24.0 Å². The fourth-order valence-corrected chi connectivity index (χ4v) is 5.01. The molecule has 0 spiro atoms. The van der Waals surface area contributed by atoms with Crippen LogP contribution in [-0.4, -0.2) is 35.2 Å². The van der Waals surface area contributed by atoms with E-state index in [1.54, 1.807) is 5.56 Å². The average Bonchev–Trinajstić information content (AvgIpc) is 2.88. The number of hydrogen-bond donors (Lipinski definition) is 3. The van der Waals surface area contributed by atoms with Gasteiger partial charge in [-0.05, 0) is 72.2 Å². The van der Waals surface area contributed by atoms with Crippen LogP contribution in [0.15, 0.2) is 91.0 Å². The topological polar surface area (TPSA) is 95.9 Å². The van der Waals surface area contributed by atoms with Crippen LogP contribution < -0.4 is 10.1 Å². The van der Waals surface area contributed by atoms with Crippen LogP contribution in [0, 0.1) is 5.92 Å². The Morgan fingerprint density at radius 3 is 2.06 bits per heavy atom. The SMILES string of the molecule is O=C(O)/C=C\C(=O)O.c1ccc(Oc2ccc(C3CC4CCNCC4c4ccccc43)cc2)cc1. The maximum absolute atomic E-state index is 9.55. The van der Waals surface area contributed by atoms with E-state index >= 15 is 0 Å². The molecule has 6 heteroatoms. The van der Waals surface area contributed by atoms with Gasteiger partial charge in [0.2, 0.25) is 0 Å². The van der Waals surface area contributed by atoms with Crippen LogP contribution in [0.5, 0.6) is 11.5 Å². The summed E-state index contributed by atoms with van der Waals surface area (Å²) in [6.45, 7) is 2.28. The first-order valence-electron chi connectivity index (χ1n) is 11.8. The Morgan fingerprint density at radius 2 is 1.40 bits per heavy atom. The van der Waals surface area contributed by atoms with E-state index < -0.39 is 11.9 Å². The molecule has 35 heavy (non-hydrogen) atoms. The van der Waals surface area contributed by atoms with Gasteiger partial charge in [-0.25, -0.2) is 9.59 Å². The van der Waals surface area contributed by atoms with Crippen LogP contribution in [-0.2, 0) is 9.59 Å². The average molecular weight is 472 g/mol. The van der Waals surface area contributed by atoms with Gasteiger partial charge in [-0.3, -0.25) is 0 Å². The van der Waals surface area contributed by atoms with Crippen LogP contribution in [0.4, 0.5) is 0 Å². The number of aliphatic carboxylic acids is 2. The smallest absolute Gasteiger partial charge is 0.328 e. The van der Waals surface area contributed by atoms with Gasteiger partial charge in [0.1, 0.15) is 11.5 Å². The van der Waals surface area contributed by atoms with Crippen LogP contribution in [0.25, 0.3) is 0 Å². The van der Waals surface area contributed by atoms with E-state index in [0.29, 0.717) is 24.0 Å². The molecule has 0 aromatic heterocycles. The summed E-state index contributed by atoms with van der Waals surface area (Å²) in [5.74, 6) is 1.21. The molecule has 3 unspecified atom stereocenters. The third-order valence-corrected chi connectivity index (χ3v) is 6.56. The molecule has 5 rings (SSSR count). The minimum Gasteiger partial charge on any atom is -0.478 e. The lowest BCUT2D eigenvalue weighted by Crippen LogP contribution is -2.38. The van der Waals surface area contributed by atoms with E-state index in [9.17, 15) is 9.59 Å². The van der Waals surface area contributed by atoms with E-state index in [4.69, 9.17) is 14.9 Å². The van der Waals surface area contributed by atoms with Gasteiger partial charge < -0.3 is 20.3 Å². The lowest BCUT2D eigenvalue weighted by Gasteiger charge is -2.41. The van der Waals surface area contributed by atoms with Crippen molar-refractivity contribution < 1.29 is 24.5 Å². The van der Waals surface area contributed by atoms with Crippen molar-refractivity contribution in [3.05, 3.63) is 108 Å². The number of piperidine rings is 1. The summed E-state index contributed by atoms with van der Waals surface area (Å²) in [5.41, 5.74) is 4.47. The second-order valence-corrected chi connectivity index (χ2v) is 8.77.